The number of rotatable bonds is 4. The fraction of sp³-hybridized carbons (Fsp3) is 0.467. The van der Waals surface area contributed by atoms with E-state index in [2.05, 4.69) is 27.5 Å². The zero-order valence-corrected chi connectivity index (χ0v) is 11.3. The minimum absolute atomic E-state index is 0.472. The normalized spacial score (nSPS) is 18.3. The Balaban J connectivity index is 1.59. The molecule has 0 amide bonds. The molecular weight excluding hydrogens is 236 g/mol. The monoisotopic (exact) mass is 256 g/mol. The van der Waals surface area contributed by atoms with Gasteiger partial charge in [-0.3, -0.25) is 9.67 Å². The second-order valence-corrected chi connectivity index (χ2v) is 5.17. The SMILES string of the molecule is Cn1ncc2c1CCCC2NCCc1ccncc1. The first-order chi connectivity index (χ1) is 9.34. The molecule has 100 valence electrons. The molecule has 0 aliphatic heterocycles. The highest BCUT2D eigenvalue weighted by Gasteiger charge is 2.22. The van der Waals surface area contributed by atoms with E-state index < -0.39 is 0 Å². The lowest BCUT2D eigenvalue weighted by Gasteiger charge is -2.23. The largest absolute Gasteiger partial charge is 0.309 e. The molecule has 4 nitrogen and oxygen atoms in total. The van der Waals surface area contributed by atoms with E-state index >= 15 is 0 Å². The van der Waals surface area contributed by atoms with Gasteiger partial charge in [0.25, 0.3) is 0 Å². The van der Waals surface area contributed by atoms with Crippen LogP contribution in [0.1, 0.15) is 35.7 Å². The third-order valence-electron chi connectivity index (χ3n) is 3.93. The molecule has 0 radical (unpaired) electrons. The highest BCUT2D eigenvalue weighted by Crippen LogP contribution is 2.28. The number of aryl methyl sites for hydroxylation is 1. The van der Waals surface area contributed by atoms with Gasteiger partial charge in [-0.25, -0.2) is 0 Å². The fourth-order valence-electron chi connectivity index (χ4n) is 2.86. The molecule has 0 fully saturated rings. The van der Waals surface area contributed by atoms with Crippen molar-refractivity contribution >= 4 is 0 Å². The van der Waals surface area contributed by atoms with Crippen LogP contribution in [0.4, 0.5) is 0 Å². The van der Waals surface area contributed by atoms with Crippen molar-refractivity contribution < 1.29 is 0 Å². The Hall–Kier alpha value is -1.68. The predicted octanol–water partition coefficient (Wildman–Crippen LogP) is 2.02. The quantitative estimate of drug-likeness (QED) is 0.910. The highest BCUT2D eigenvalue weighted by atomic mass is 15.3. The number of hydrogen-bond acceptors (Lipinski definition) is 3. The summed E-state index contributed by atoms with van der Waals surface area (Å²) in [6, 6.07) is 4.63. The van der Waals surface area contributed by atoms with E-state index in [1.54, 1.807) is 0 Å². The molecule has 2 aromatic heterocycles. The molecule has 3 rings (SSSR count). The summed E-state index contributed by atoms with van der Waals surface area (Å²) in [6.07, 6.45) is 10.4. The van der Waals surface area contributed by atoms with Crippen molar-refractivity contribution in [1.29, 1.82) is 0 Å². The van der Waals surface area contributed by atoms with Gasteiger partial charge < -0.3 is 5.32 Å². The van der Waals surface area contributed by atoms with E-state index in [9.17, 15) is 0 Å². The van der Waals surface area contributed by atoms with Crippen LogP contribution < -0.4 is 5.32 Å². The fourth-order valence-corrected chi connectivity index (χ4v) is 2.86. The number of fused-ring (bicyclic) bond motifs is 1. The van der Waals surface area contributed by atoms with Crippen molar-refractivity contribution in [3.63, 3.8) is 0 Å². The van der Waals surface area contributed by atoms with Crippen LogP contribution in [-0.2, 0) is 19.9 Å². The zero-order valence-electron chi connectivity index (χ0n) is 11.3. The Morgan fingerprint density at radius 3 is 3.05 bits per heavy atom. The van der Waals surface area contributed by atoms with Gasteiger partial charge in [0, 0.05) is 36.7 Å². The van der Waals surface area contributed by atoms with Crippen LogP contribution in [0.3, 0.4) is 0 Å². The van der Waals surface area contributed by atoms with Crippen LogP contribution in [0, 0.1) is 0 Å². The number of hydrogen-bond donors (Lipinski definition) is 1. The molecule has 1 aliphatic carbocycles. The maximum absolute atomic E-state index is 4.38. The van der Waals surface area contributed by atoms with Gasteiger partial charge in [-0.05, 0) is 49.9 Å². The van der Waals surface area contributed by atoms with Gasteiger partial charge >= 0.3 is 0 Å². The van der Waals surface area contributed by atoms with Gasteiger partial charge in [0.05, 0.1) is 6.20 Å². The summed E-state index contributed by atoms with van der Waals surface area (Å²) in [6.45, 7) is 1.00. The van der Waals surface area contributed by atoms with Crippen LogP contribution in [0.25, 0.3) is 0 Å². The molecule has 0 saturated heterocycles. The van der Waals surface area contributed by atoms with Gasteiger partial charge in [0.15, 0.2) is 0 Å². The second kappa shape index (κ2) is 5.53. The molecule has 1 unspecified atom stereocenters. The molecule has 1 N–H and O–H groups in total. The Morgan fingerprint density at radius 2 is 2.21 bits per heavy atom. The van der Waals surface area contributed by atoms with Crippen molar-refractivity contribution in [3.05, 3.63) is 47.5 Å². The molecule has 0 bridgehead atoms. The number of nitrogens with zero attached hydrogens (tertiary/aromatic N) is 3. The molecular formula is C15H20N4. The summed E-state index contributed by atoms with van der Waals surface area (Å²) in [4.78, 5) is 4.04. The van der Waals surface area contributed by atoms with Gasteiger partial charge in [-0.15, -0.1) is 0 Å². The van der Waals surface area contributed by atoms with Crippen molar-refractivity contribution in [2.24, 2.45) is 7.05 Å². The van der Waals surface area contributed by atoms with Gasteiger partial charge in [-0.1, -0.05) is 0 Å². The van der Waals surface area contributed by atoms with Crippen LogP contribution in [0.2, 0.25) is 0 Å². The molecule has 1 aliphatic rings. The van der Waals surface area contributed by atoms with E-state index in [4.69, 9.17) is 0 Å². The van der Waals surface area contributed by atoms with Crippen molar-refractivity contribution in [1.82, 2.24) is 20.1 Å². The van der Waals surface area contributed by atoms with E-state index in [-0.39, 0.29) is 0 Å². The van der Waals surface area contributed by atoms with Crippen LogP contribution >= 0.6 is 0 Å². The first kappa shape index (κ1) is 12.4. The average Bonchev–Trinajstić information content (AvgIpc) is 2.83. The lowest BCUT2D eigenvalue weighted by molar-refractivity contribution is 0.455. The third-order valence-corrected chi connectivity index (χ3v) is 3.93. The Bertz CT molecular complexity index is 532. The first-order valence-corrected chi connectivity index (χ1v) is 6.97. The van der Waals surface area contributed by atoms with Gasteiger partial charge in [-0.2, -0.15) is 5.10 Å². The smallest absolute Gasteiger partial charge is 0.0540 e. The van der Waals surface area contributed by atoms with E-state index in [1.807, 2.05) is 30.3 Å². The molecule has 2 aromatic rings. The maximum atomic E-state index is 4.38. The van der Waals surface area contributed by atoms with Crippen LogP contribution in [0.15, 0.2) is 30.7 Å². The molecule has 2 heterocycles. The summed E-state index contributed by atoms with van der Waals surface area (Å²) < 4.78 is 2.02. The lowest BCUT2D eigenvalue weighted by atomic mass is 9.93. The minimum atomic E-state index is 0.472. The second-order valence-electron chi connectivity index (χ2n) is 5.17. The molecule has 0 saturated carbocycles. The number of aromatic nitrogens is 3. The topological polar surface area (TPSA) is 42.7 Å². The Kier molecular flexibility index (Phi) is 3.60. The summed E-state index contributed by atoms with van der Waals surface area (Å²) in [7, 11) is 2.04. The van der Waals surface area contributed by atoms with Gasteiger partial charge in [0.2, 0.25) is 0 Å². The summed E-state index contributed by atoms with van der Waals surface area (Å²) in [5.74, 6) is 0. The predicted molar refractivity (Wildman–Crippen MR) is 74.8 cm³/mol. The van der Waals surface area contributed by atoms with Crippen molar-refractivity contribution in [2.45, 2.75) is 31.7 Å². The Morgan fingerprint density at radius 1 is 1.37 bits per heavy atom. The summed E-state index contributed by atoms with van der Waals surface area (Å²) >= 11 is 0. The zero-order chi connectivity index (χ0) is 13.1. The lowest BCUT2D eigenvalue weighted by Crippen LogP contribution is -2.27. The van der Waals surface area contributed by atoms with Crippen LogP contribution in [-0.4, -0.2) is 21.3 Å². The minimum Gasteiger partial charge on any atom is -0.309 e. The molecule has 1 atom stereocenters. The molecule has 4 heteroatoms. The Labute approximate surface area is 113 Å². The summed E-state index contributed by atoms with van der Waals surface area (Å²) in [5.41, 5.74) is 4.13. The average molecular weight is 256 g/mol. The van der Waals surface area contributed by atoms with Crippen molar-refractivity contribution in [3.8, 4) is 0 Å². The maximum Gasteiger partial charge on any atom is 0.0540 e. The van der Waals surface area contributed by atoms with E-state index in [0.717, 1.165) is 19.4 Å². The van der Waals surface area contributed by atoms with E-state index in [0.29, 0.717) is 6.04 Å². The number of pyridine rings is 1. The van der Waals surface area contributed by atoms with Crippen LogP contribution in [0.5, 0.6) is 0 Å². The molecule has 0 spiro atoms. The highest BCUT2D eigenvalue weighted by molar-refractivity contribution is 5.24. The summed E-state index contributed by atoms with van der Waals surface area (Å²) in [5, 5.41) is 8.05. The van der Waals surface area contributed by atoms with E-state index in [1.165, 1.54) is 29.7 Å². The van der Waals surface area contributed by atoms with Crippen molar-refractivity contribution in [2.75, 3.05) is 6.54 Å². The van der Waals surface area contributed by atoms with Gasteiger partial charge in [0.1, 0.15) is 0 Å². The number of nitrogens with one attached hydrogen (secondary N) is 1. The third kappa shape index (κ3) is 2.68. The standard InChI is InChI=1S/C15H20N4/c1-19-15-4-2-3-14(13(15)11-18-19)17-10-7-12-5-8-16-9-6-12/h5-6,8-9,11,14,17H,2-4,7,10H2,1H3. The molecule has 19 heavy (non-hydrogen) atoms. The molecule has 0 aromatic carbocycles. The first-order valence-electron chi connectivity index (χ1n) is 6.97.